The fourth-order valence-corrected chi connectivity index (χ4v) is 2.06. The van der Waals surface area contributed by atoms with Crippen molar-refractivity contribution in [3.8, 4) is 0 Å². The predicted octanol–water partition coefficient (Wildman–Crippen LogP) is 1.17. The van der Waals surface area contributed by atoms with Gasteiger partial charge in [0.05, 0.1) is 18.0 Å². The molecule has 0 amide bonds. The molecule has 0 aliphatic rings. The highest BCUT2D eigenvalue weighted by Crippen LogP contribution is 2.16. The third kappa shape index (κ3) is 3.62. The van der Waals surface area contributed by atoms with Crippen LogP contribution in [0.4, 0.5) is 0 Å². The Bertz CT molecular complexity index is 322. The van der Waals surface area contributed by atoms with E-state index in [9.17, 15) is 0 Å². The molecule has 1 rings (SSSR count). The molecular formula is C10H17N3OS. The average Bonchev–Trinajstić information content (AvgIpc) is 2.73. The van der Waals surface area contributed by atoms with Gasteiger partial charge in [0, 0.05) is 12.0 Å². The van der Waals surface area contributed by atoms with Crippen LogP contribution in [-0.2, 0) is 11.2 Å². The van der Waals surface area contributed by atoms with Gasteiger partial charge in [-0.05, 0) is 18.6 Å². The smallest absolute Gasteiger partial charge is 0.152 e. The lowest BCUT2D eigenvalue weighted by Gasteiger charge is -2.02. The lowest BCUT2D eigenvalue weighted by molar-refractivity contribution is 0.208. The number of nitrogens with zero attached hydrogens (tertiary/aromatic N) is 1. The van der Waals surface area contributed by atoms with E-state index >= 15 is 0 Å². The van der Waals surface area contributed by atoms with E-state index in [1.807, 2.05) is 6.07 Å². The fraction of sp³-hybridized carbons (Fsp3) is 0.500. The first-order valence-electron chi connectivity index (χ1n) is 4.91. The summed E-state index contributed by atoms with van der Waals surface area (Å²) in [6.07, 6.45) is 1.04. The van der Waals surface area contributed by atoms with Gasteiger partial charge in [-0.3, -0.25) is 4.99 Å². The van der Waals surface area contributed by atoms with E-state index in [2.05, 4.69) is 23.4 Å². The van der Waals surface area contributed by atoms with Crippen LogP contribution in [0.15, 0.2) is 17.1 Å². The number of thiophene rings is 1. The van der Waals surface area contributed by atoms with Crippen LogP contribution in [0.3, 0.4) is 0 Å². The van der Waals surface area contributed by atoms with Crippen molar-refractivity contribution in [2.75, 3.05) is 20.3 Å². The zero-order valence-corrected chi connectivity index (χ0v) is 9.93. The monoisotopic (exact) mass is 227 g/mol. The molecule has 0 aromatic carbocycles. The standard InChI is InChI=1S/C10H17N3OS/c1-3-8-4-5-9(15-8)10(13-11)12-6-7-14-2/h4-5H,3,6-7,11H2,1-2H3,(H,12,13). The second-order valence-electron chi connectivity index (χ2n) is 2.99. The van der Waals surface area contributed by atoms with Gasteiger partial charge in [-0.1, -0.05) is 6.92 Å². The summed E-state index contributed by atoms with van der Waals surface area (Å²) in [6.45, 7) is 3.36. The van der Waals surface area contributed by atoms with Crippen LogP contribution in [-0.4, -0.2) is 26.1 Å². The molecule has 15 heavy (non-hydrogen) atoms. The van der Waals surface area contributed by atoms with Gasteiger partial charge in [0.2, 0.25) is 0 Å². The quantitative estimate of drug-likeness (QED) is 0.261. The molecule has 1 heterocycles. The molecule has 0 atom stereocenters. The first-order valence-corrected chi connectivity index (χ1v) is 5.72. The second-order valence-corrected chi connectivity index (χ2v) is 4.16. The van der Waals surface area contributed by atoms with Crippen LogP contribution in [0.25, 0.3) is 0 Å². The van der Waals surface area contributed by atoms with Gasteiger partial charge in [-0.2, -0.15) is 0 Å². The number of hydrogen-bond donors (Lipinski definition) is 2. The van der Waals surface area contributed by atoms with Gasteiger partial charge in [0.25, 0.3) is 0 Å². The van der Waals surface area contributed by atoms with Gasteiger partial charge >= 0.3 is 0 Å². The lowest BCUT2D eigenvalue weighted by Crippen LogP contribution is -2.30. The van der Waals surface area contributed by atoms with Gasteiger partial charge in [-0.15, -0.1) is 11.3 Å². The molecule has 3 N–H and O–H groups in total. The maximum Gasteiger partial charge on any atom is 0.152 e. The predicted molar refractivity (Wildman–Crippen MR) is 64.3 cm³/mol. The first-order chi connectivity index (χ1) is 7.31. The maximum atomic E-state index is 5.42. The molecule has 0 bridgehead atoms. The lowest BCUT2D eigenvalue weighted by atomic mass is 10.3. The van der Waals surface area contributed by atoms with E-state index in [1.165, 1.54) is 4.88 Å². The molecule has 0 aliphatic carbocycles. The Morgan fingerprint density at radius 1 is 1.60 bits per heavy atom. The van der Waals surface area contributed by atoms with Crippen molar-refractivity contribution >= 4 is 17.2 Å². The van der Waals surface area contributed by atoms with Gasteiger partial charge < -0.3 is 10.2 Å². The Balaban J connectivity index is 2.68. The summed E-state index contributed by atoms with van der Waals surface area (Å²) < 4.78 is 4.93. The molecule has 0 saturated carbocycles. The van der Waals surface area contributed by atoms with Crippen molar-refractivity contribution in [1.82, 2.24) is 5.43 Å². The molecule has 4 nitrogen and oxygen atoms in total. The summed E-state index contributed by atoms with van der Waals surface area (Å²) in [7, 11) is 1.66. The third-order valence-electron chi connectivity index (χ3n) is 1.95. The van der Waals surface area contributed by atoms with E-state index in [0.29, 0.717) is 13.2 Å². The summed E-state index contributed by atoms with van der Waals surface area (Å²) in [5.74, 6) is 6.16. The fourth-order valence-electron chi connectivity index (χ4n) is 1.14. The SMILES string of the molecule is CCc1ccc(C(=NCCOC)NN)s1. The number of methoxy groups -OCH3 is 1. The summed E-state index contributed by atoms with van der Waals surface area (Å²) >= 11 is 1.71. The van der Waals surface area contributed by atoms with Crippen LogP contribution >= 0.6 is 11.3 Å². The number of ether oxygens (including phenoxy) is 1. The molecule has 0 spiro atoms. The Morgan fingerprint density at radius 3 is 2.93 bits per heavy atom. The number of hydrazine groups is 1. The molecule has 0 unspecified atom stereocenters. The number of rotatable bonds is 5. The topological polar surface area (TPSA) is 59.6 Å². The number of aliphatic imine (C=N–C) groups is 1. The average molecular weight is 227 g/mol. The van der Waals surface area contributed by atoms with E-state index < -0.39 is 0 Å². The zero-order valence-electron chi connectivity index (χ0n) is 9.12. The van der Waals surface area contributed by atoms with Gasteiger partial charge in [0.15, 0.2) is 5.84 Å². The van der Waals surface area contributed by atoms with E-state index in [0.717, 1.165) is 17.1 Å². The van der Waals surface area contributed by atoms with E-state index in [-0.39, 0.29) is 0 Å². The van der Waals surface area contributed by atoms with Crippen LogP contribution in [0.5, 0.6) is 0 Å². The van der Waals surface area contributed by atoms with Crippen LogP contribution < -0.4 is 11.3 Å². The number of nitrogens with two attached hydrogens (primary N) is 1. The van der Waals surface area contributed by atoms with E-state index in [1.54, 1.807) is 18.4 Å². The number of aryl methyl sites for hydroxylation is 1. The molecule has 5 heteroatoms. The highest BCUT2D eigenvalue weighted by Gasteiger charge is 2.04. The molecule has 0 aliphatic heterocycles. The van der Waals surface area contributed by atoms with Crippen molar-refractivity contribution in [3.05, 3.63) is 21.9 Å². The van der Waals surface area contributed by atoms with Gasteiger partial charge in [0.1, 0.15) is 0 Å². The van der Waals surface area contributed by atoms with Gasteiger partial charge in [-0.25, -0.2) is 5.84 Å². The molecule has 84 valence electrons. The minimum absolute atomic E-state index is 0.608. The summed E-state index contributed by atoms with van der Waals surface area (Å²) in [5, 5.41) is 0. The number of nitrogens with one attached hydrogen (secondary N) is 1. The number of amidine groups is 1. The van der Waals surface area contributed by atoms with Crippen molar-refractivity contribution in [2.45, 2.75) is 13.3 Å². The molecule has 0 saturated heterocycles. The molecule has 0 fully saturated rings. The first kappa shape index (κ1) is 12.2. The Labute approximate surface area is 94.1 Å². The zero-order chi connectivity index (χ0) is 11.1. The Hall–Kier alpha value is -0.910. The van der Waals surface area contributed by atoms with Crippen molar-refractivity contribution in [2.24, 2.45) is 10.8 Å². The highest BCUT2D eigenvalue weighted by atomic mass is 32.1. The van der Waals surface area contributed by atoms with Crippen molar-refractivity contribution < 1.29 is 4.74 Å². The van der Waals surface area contributed by atoms with Crippen molar-refractivity contribution in [1.29, 1.82) is 0 Å². The molecule has 0 radical (unpaired) electrons. The molecule has 1 aromatic heterocycles. The maximum absolute atomic E-state index is 5.42. The summed E-state index contributed by atoms with van der Waals surface area (Å²) in [4.78, 5) is 6.72. The van der Waals surface area contributed by atoms with Crippen LogP contribution in [0.1, 0.15) is 16.7 Å². The van der Waals surface area contributed by atoms with E-state index in [4.69, 9.17) is 10.6 Å². The van der Waals surface area contributed by atoms with Crippen LogP contribution in [0, 0.1) is 0 Å². The normalized spacial score (nSPS) is 11.8. The third-order valence-corrected chi connectivity index (χ3v) is 3.18. The Morgan fingerprint density at radius 2 is 2.40 bits per heavy atom. The second kappa shape index (κ2) is 6.55. The summed E-state index contributed by atoms with van der Waals surface area (Å²) in [5.41, 5.74) is 2.62. The minimum atomic E-state index is 0.608. The summed E-state index contributed by atoms with van der Waals surface area (Å²) in [6, 6.07) is 4.14. The van der Waals surface area contributed by atoms with Crippen molar-refractivity contribution in [3.63, 3.8) is 0 Å². The highest BCUT2D eigenvalue weighted by molar-refractivity contribution is 7.14. The Kier molecular flexibility index (Phi) is 5.31. The molecular weight excluding hydrogens is 210 g/mol. The van der Waals surface area contributed by atoms with Crippen LogP contribution in [0.2, 0.25) is 0 Å². The number of hydrogen-bond acceptors (Lipinski definition) is 4. The molecule has 1 aromatic rings. The minimum Gasteiger partial charge on any atom is -0.383 e. The largest absolute Gasteiger partial charge is 0.383 e.